The maximum absolute atomic E-state index is 2.50. The van der Waals surface area contributed by atoms with Gasteiger partial charge in [-0.2, -0.15) is 0 Å². The fourth-order valence-corrected chi connectivity index (χ4v) is 13.6. The van der Waals surface area contributed by atoms with Crippen molar-refractivity contribution < 1.29 is 0 Å². The van der Waals surface area contributed by atoms with Crippen LogP contribution in [-0.2, 0) is 5.41 Å². The molecule has 1 aliphatic rings. The van der Waals surface area contributed by atoms with Crippen LogP contribution in [-0.4, -0.2) is 9.13 Å². The molecule has 0 saturated heterocycles. The van der Waals surface area contributed by atoms with Crippen LogP contribution in [0.25, 0.3) is 99.5 Å². The Labute approximate surface area is 477 Å². The zero-order valence-electron chi connectivity index (χ0n) is 44.9. The van der Waals surface area contributed by atoms with Crippen LogP contribution in [0.1, 0.15) is 22.3 Å². The first kappa shape index (κ1) is 47.3. The lowest BCUT2D eigenvalue weighted by Gasteiger charge is -2.34. The lowest BCUT2D eigenvalue weighted by Crippen LogP contribution is -2.28. The molecule has 384 valence electrons. The Balaban J connectivity index is 0.903. The summed E-state index contributed by atoms with van der Waals surface area (Å²) in [6.07, 6.45) is 0. The maximum atomic E-state index is 2.50. The molecule has 2 aromatic heterocycles. The second kappa shape index (κ2) is 19.3. The van der Waals surface area contributed by atoms with Gasteiger partial charge in [0.15, 0.2) is 0 Å². The number of benzene rings is 13. The molecule has 0 amide bonds. The highest BCUT2D eigenvalue weighted by molar-refractivity contribution is 6.13. The van der Waals surface area contributed by atoms with Crippen molar-refractivity contribution in [3.8, 4) is 55.9 Å². The van der Waals surface area contributed by atoms with Crippen molar-refractivity contribution in [2.45, 2.75) is 5.41 Å². The summed E-state index contributed by atoms with van der Waals surface area (Å²) >= 11 is 0. The molecule has 0 spiro atoms. The van der Waals surface area contributed by atoms with Gasteiger partial charge in [-0.25, -0.2) is 0 Å². The predicted molar refractivity (Wildman–Crippen MR) is 343 cm³/mol. The standard InChI is InChI=1S/C79H53N3/c1-6-21-54(22-7-1)56-37-42-62(43-38-56)80(61-29-14-5-15-30-61)64-46-49-69-67-31-17-19-36-74(67)82(77(69)52-64)65-47-50-70-68-48-41-58(51-75(68)81(76(70)53-65)63-44-39-57(40-45-63)55-23-8-2-9-24-55)66-33-20-35-73-78(66)71-32-16-18-34-72(71)79(73,59-25-10-3-11-26-59)60-27-12-4-13-28-60/h1-53H. The molecule has 15 aromatic rings. The number of hydrogen-bond acceptors (Lipinski definition) is 1. The van der Waals surface area contributed by atoms with Crippen LogP contribution in [0.15, 0.2) is 322 Å². The molecule has 0 atom stereocenters. The van der Waals surface area contributed by atoms with E-state index in [0.29, 0.717) is 0 Å². The number of rotatable bonds is 10. The Morgan fingerprint density at radius 3 is 1.34 bits per heavy atom. The van der Waals surface area contributed by atoms with Gasteiger partial charge in [0, 0.05) is 50.0 Å². The molecule has 0 saturated carbocycles. The summed E-state index contributed by atoms with van der Waals surface area (Å²) in [5, 5.41) is 4.82. The van der Waals surface area contributed by atoms with Crippen LogP contribution in [0.4, 0.5) is 17.1 Å². The number of fused-ring (bicyclic) bond motifs is 9. The van der Waals surface area contributed by atoms with E-state index in [9.17, 15) is 0 Å². The molecular weight excluding hydrogens is 991 g/mol. The number of anilines is 3. The van der Waals surface area contributed by atoms with Crippen molar-refractivity contribution in [2.75, 3.05) is 4.90 Å². The molecule has 82 heavy (non-hydrogen) atoms. The largest absolute Gasteiger partial charge is 0.310 e. The predicted octanol–water partition coefficient (Wildman–Crippen LogP) is 20.7. The van der Waals surface area contributed by atoms with Crippen LogP contribution in [0.3, 0.4) is 0 Å². The van der Waals surface area contributed by atoms with Crippen LogP contribution >= 0.6 is 0 Å². The molecule has 2 heterocycles. The van der Waals surface area contributed by atoms with E-state index in [4.69, 9.17) is 0 Å². The summed E-state index contributed by atoms with van der Waals surface area (Å²) in [6.45, 7) is 0. The van der Waals surface area contributed by atoms with E-state index < -0.39 is 5.41 Å². The molecule has 0 unspecified atom stereocenters. The topological polar surface area (TPSA) is 13.1 Å². The van der Waals surface area contributed by atoms with E-state index in [2.05, 4.69) is 336 Å². The highest BCUT2D eigenvalue weighted by Gasteiger charge is 2.46. The Bertz CT molecular complexity index is 4830. The quantitative estimate of drug-likeness (QED) is 0.133. The molecule has 16 rings (SSSR count). The minimum Gasteiger partial charge on any atom is -0.310 e. The maximum Gasteiger partial charge on any atom is 0.0713 e. The Kier molecular flexibility index (Phi) is 11.1. The monoisotopic (exact) mass is 1040 g/mol. The molecule has 0 radical (unpaired) electrons. The van der Waals surface area contributed by atoms with Crippen molar-refractivity contribution in [3.63, 3.8) is 0 Å². The smallest absolute Gasteiger partial charge is 0.0713 e. The third-order valence-corrected chi connectivity index (χ3v) is 17.2. The van der Waals surface area contributed by atoms with E-state index >= 15 is 0 Å². The van der Waals surface area contributed by atoms with E-state index in [1.165, 1.54) is 88.3 Å². The van der Waals surface area contributed by atoms with Gasteiger partial charge >= 0.3 is 0 Å². The second-order valence-corrected chi connectivity index (χ2v) is 21.6. The van der Waals surface area contributed by atoms with E-state index in [1.54, 1.807) is 0 Å². The van der Waals surface area contributed by atoms with Crippen LogP contribution < -0.4 is 4.90 Å². The lowest BCUT2D eigenvalue weighted by molar-refractivity contribution is 0.768. The van der Waals surface area contributed by atoms with Crippen LogP contribution in [0.2, 0.25) is 0 Å². The van der Waals surface area contributed by atoms with Gasteiger partial charge in [0.1, 0.15) is 0 Å². The minimum atomic E-state index is -0.498. The molecule has 0 bridgehead atoms. The minimum absolute atomic E-state index is 0.498. The molecule has 1 aliphatic carbocycles. The van der Waals surface area contributed by atoms with Gasteiger partial charge in [-0.05, 0) is 140 Å². The van der Waals surface area contributed by atoms with Crippen molar-refractivity contribution in [1.29, 1.82) is 0 Å². The van der Waals surface area contributed by atoms with Gasteiger partial charge in [0.05, 0.1) is 27.5 Å². The van der Waals surface area contributed by atoms with Gasteiger partial charge in [0.25, 0.3) is 0 Å². The van der Waals surface area contributed by atoms with Gasteiger partial charge < -0.3 is 14.0 Å². The molecular formula is C79H53N3. The summed E-state index contributed by atoms with van der Waals surface area (Å²) in [7, 11) is 0. The summed E-state index contributed by atoms with van der Waals surface area (Å²) in [5.41, 5.74) is 24.4. The van der Waals surface area contributed by atoms with Crippen molar-refractivity contribution >= 4 is 60.7 Å². The fraction of sp³-hybridized carbons (Fsp3) is 0.0127. The second-order valence-electron chi connectivity index (χ2n) is 21.6. The molecule has 0 aliphatic heterocycles. The summed E-state index contributed by atoms with van der Waals surface area (Å²) in [6, 6.07) is 118. The first-order valence-corrected chi connectivity index (χ1v) is 28.3. The first-order chi connectivity index (χ1) is 40.7. The third kappa shape index (κ3) is 7.44. The van der Waals surface area contributed by atoms with Crippen molar-refractivity contribution in [1.82, 2.24) is 9.13 Å². The molecule has 0 N–H and O–H groups in total. The molecule has 3 heteroatoms. The van der Waals surface area contributed by atoms with Crippen molar-refractivity contribution in [3.05, 3.63) is 344 Å². The number of nitrogens with zero attached hydrogens (tertiary/aromatic N) is 3. The van der Waals surface area contributed by atoms with Crippen LogP contribution in [0.5, 0.6) is 0 Å². The SMILES string of the molecule is c1ccc(-c2ccc(N(c3ccccc3)c3ccc4c5ccccc5n(-c5ccc6c7ccc(-c8cccc9c8-c8ccccc8C9(c8ccccc8)c8ccccc8)cc7n(-c7ccc(-c8ccccc8)cc7)c6c5)c4c3)cc2)cc1. The van der Waals surface area contributed by atoms with E-state index in [1.807, 2.05) is 0 Å². The average molecular weight is 1040 g/mol. The number of para-hydroxylation sites is 2. The molecule has 3 nitrogen and oxygen atoms in total. The molecule has 13 aromatic carbocycles. The highest BCUT2D eigenvalue weighted by atomic mass is 15.1. The first-order valence-electron chi connectivity index (χ1n) is 28.3. The summed E-state index contributed by atoms with van der Waals surface area (Å²) in [4.78, 5) is 2.37. The number of aromatic nitrogens is 2. The fourth-order valence-electron chi connectivity index (χ4n) is 13.6. The average Bonchev–Trinajstić information content (AvgIpc) is 4.27. The Morgan fingerprint density at radius 1 is 0.244 bits per heavy atom. The van der Waals surface area contributed by atoms with Crippen molar-refractivity contribution in [2.24, 2.45) is 0 Å². The van der Waals surface area contributed by atoms with Gasteiger partial charge in [-0.1, -0.05) is 249 Å². The molecule has 0 fully saturated rings. The van der Waals surface area contributed by atoms with E-state index in [0.717, 1.165) is 50.5 Å². The van der Waals surface area contributed by atoms with Crippen LogP contribution in [0, 0.1) is 0 Å². The summed E-state index contributed by atoms with van der Waals surface area (Å²) < 4.78 is 4.97. The Morgan fingerprint density at radius 2 is 0.671 bits per heavy atom. The van der Waals surface area contributed by atoms with Gasteiger partial charge in [-0.15, -0.1) is 0 Å². The van der Waals surface area contributed by atoms with Gasteiger partial charge in [-0.3, -0.25) is 0 Å². The zero-order valence-corrected chi connectivity index (χ0v) is 44.9. The summed E-state index contributed by atoms with van der Waals surface area (Å²) in [5.74, 6) is 0. The highest BCUT2D eigenvalue weighted by Crippen LogP contribution is 2.58. The zero-order chi connectivity index (χ0) is 54.1. The van der Waals surface area contributed by atoms with E-state index in [-0.39, 0.29) is 0 Å². The van der Waals surface area contributed by atoms with Gasteiger partial charge in [0.2, 0.25) is 0 Å². The lowest BCUT2D eigenvalue weighted by atomic mass is 9.67. The third-order valence-electron chi connectivity index (χ3n) is 17.2. The Hall–Kier alpha value is -10.7. The normalized spacial score (nSPS) is 12.5. The number of hydrogen-bond donors (Lipinski definition) is 0.